The van der Waals surface area contributed by atoms with Gasteiger partial charge in [0.05, 0.1) is 18.5 Å². The van der Waals surface area contributed by atoms with E-state index in [1.165, 1.54) is 81.8 Å². The number of rotatable bonds is 15. The Labute approximate surface area is 172 Å². The van der Waals surface area contributed by atoms with Gasteiger partial charge in [-0.15, -0.1) is 0 Å². The summed E-state index contributed by atoms with van der Waals surface area (Å²) in [4.78, 5) is 4.59. The van der Waals surface area contributed by atoms with E-state index in [9.17, 15) is 0 Å². The maximum atomic E-state index is 5.83. The van der Waals surface area contributed by atoms with Crippen LogP contribution in [-0.2, 0) is 6.42 Å². The minimum Gasteiger partial charge on any atom is -0.492 e. The smallest absolute Gasteiger partial charge is 0.137 e. The Morgan fingerprint density at radius 2 is 1.32 bits per heavy atom. The maximum Gasteiger partial charge on any atom is 0.137 e. The Morgan fingerprint density at radius 1 is 0.679 bits per heavy atom. The molecule has 0 aliphatic rings. The van der Waals surface area contributed by atoms with E-state index in [4.69, 9.17) is 4.74 Å². The highest BCUT2D eigenvalue weighted by Crippen LogP contribution is 2.21. The number of aryl methyl sites for hydroxylation is 1. The molecule has 0 unspecified atom stereocenters. The minimum absolute atomic E-state index is 0.792. The number of aromatic nitrogens is 1. The van der Waals surface area contributed by atoms with Gasteiger partial charge in [0.15, 0.2) is 0 Å². The molecule has 0 aliphatic carbocycles. The topological polar surface area (TPSA) is 22.1 Å². The van der Waals surface area contributed by atoms with E-state index in [0.29, 0.717) is 0 Å². The molecule has 28 heavy (non-hydrogen) atoms. The standard InChI is InChI=1S/C26H39NO/c1-3-5-7-9-11-13-21-28-25-19-20-26(27-22-25)24-17-15-23(16-18-24)14-12-10-8-6-4-2/h15-20,22H,3-14,21H2,1-2H3. The number of nitrogens with zero attached hydrogens (tertiary/aromatic N) is 1. The van der Waals surface area contributed by atoms with Crippen LogP contribution in [-0.4, -0.2) is 11.6 Å². The first-order valence-electron chi connectivity index (χ1n) is 11.5. The molecular formula is C26H39NO. The fraction of sp³-hybridized carbons (Fsp3) is 0.577. The molecule has 1 aromatic carbocycles. The lowest BCUT2D eigenvalue weighted by Gasteiger charge is -2.08. The van der Waals surface area contributed by atoms with Crippen molar-refractivity contribution in [2.45, 2.75) is 90.9 Å². The van der Waals surface area contributed by atoms with Crippen molar-refractivity contribution in [1.82, 2.24) is 4.98 Å². The monoisotopic (exact) mass is 381 g/mol. The summed E-state index contributed by atoms with van der Waals surface area (Å²) in [6.45, 7) is 5.31. The van der Waals surface area contributed by atoms with E-state index < -0.39 is 0 Å². The Hall–Kier alpha value is -1.83. The molecule has 0 amide bonds. The van der Waals surface area contributed by atoms with E-state index in [0.717, 1.165) is 24.5 Å². The fourth-order valence-corrected chi connectivity index (χ4v) is 3.48. The average Bonchev–Trinajstić information content (AvgIpc) is 2.74. The zero-order valence-electron chi connectivity index (χ0n) is 18.1. The third-order valence-corrected chi connectivity index (χ3v) is 5.32. The highest BCUT2D eigenvalue weighted by Gasteiger charge is 2.02. The van der Waals surface area contributed by atoms with Crippen LogP contribution in [0.1, 0.15) is 90.0 Å². The number of unbranched alkanes of at least 4 members (excludes halogenated alkanes) is 9. The summed E-state index contributed by atoms with van der Waals surface area (Å²) in [7, 11) is 0. The number of ether oxygens (including phenoxy) is 1. The van der Waals surface area contributed by atoms with Crippen LogP contribution >= 0.6 is 0 Å². The van der Waals surface area contributed by atoms with Crippen LogP contribution in [0.5, 0.6) is 5.75 Å². The molecule has 1 aromatic heterocycles. The second kappa shape index (κ2) is 14.2. The minimum atomic E-state index is 0.792. The maximum absolute atomic E-state index is 5.83. The van der Waals surface area contributed by atoms with Crippen LogP contribution in [0, 0.1) is 0 Å². The Morgan fingerprint density at radius 3 is 1.96 bits per heavy atom. The molecule has 0 saturated heterocycles. The Bertz CT molecular complexity index is 618. The Balaban J connectivity index is 1.70. The van der Waals surface area contributed by atoms with Gasteiger partial charge in [-0.25, -0.2) is 0 Å². The highest BCUT2D eigenvalue weighted by atomic mass is 16.5. The van der Waals surface area contributed by atoms with Gasteiger partial charge in [0.25, 0.3) is 0 Å². The lowest BCUT2D eigenvalue weighted by atomic mass is 10.0. The van der Waals surface area contributed by atoms with Gasteiger partial charge in [0.2, 0.25) is 0 Å². The zero-order chi connectivity index (χ0) is 19.9. The first kappa shape index (κ1) is 22.5. The fourth-order valence-electron chi connectivity index (χ4n) is 3.48. The third-order valence-electron chi connectivity index (χ3n) is 5.32. The summed E-state index contributed by atoms with van der Waals surface area (Å²) in [5, 5.41) is 0. The highest BCUT2D eigenvalue weighted by molar-refractivity contribution is 5.59. The molecule has 1 heterocycles. The van der Waals surface area contributed by atoms with Gasteiger partial charge in [0.1, 0.15) is 5.75 Å². The van der Waals surface area contributed by atoms with Crippen molar-refractivity contribution in [3.63, 3.8) is 0 Å². The first-order valence-corrected chi connectivity index (χ1v) is 11.5. The lowest BCUT2D eigenvalue weighted by molar-refractivity contribution is 0.303. The number of pyridine rings is 1. The number of benzene rings is 1. The molecule has 2 heteroatoms. The zero-order valence-corrected chi connectivity index (χ0v) is 18.1. The number of hydrogen-bond acceptors (Lipinski definition) is 2. The predicted molar refractivity (Wildman–Crippen MR) is 121 cm³/mol. The summed E-state index contributed by atoms with van der Waals surface area (Å²) in [5.74, 6) is 0.876. The van der Waals surface area contributed by atoms with Gasteiger partial charge >= 0.3 is 0 Å². The molecule has 0 atom stereocenters. The molecule has 0 N–H and O–H groups in total. The van der Waals surface area contributed by atoms with Crippen molar-refractivity contribution in [1.29, 1.82) is 0 Å². The SMILES string of the molecule is CCCCCCCCOc1ccc(-c2ccc(CCCCCCC)cc2)nc1. The van der Waals surface area contributed by atoms with Crippen molar-refractivity contribution in [2.75, 3.05) is 6.61 Å². The van der Waals surface area contributed by atoms with Gasteiger partial charge in [-0.2, -0.15) is 0 Å². The molecule has 0 fully saturated rings. The second-order valence-electron chi connectivity index (χ2n) is 7.86. The van der Waals surface area contributed by atoms with Gasteiger partial charge in [-0.1, -0.05) is 95.9 Å². The first-order chi connectivity index (χ1) is 13.8. The molecule has 2 nitrogen and oxygen atoms in total. The van der Waals surface area contributed by atoms with E-state index >= 15 is 0 Å². The normalized spacial score (nSPS) is 10.9. The average molecular weight is 382 g/mol. The molecule has 0 bridgehead atoms. The van der Waals surface area contributed by atoms with E-state index in [1.807, 2.05) is 12.3 Å². The van der Waals surface area contributed by atoms with Crippen molar-refractivity contribution >= 4 is 0 Å². The van der Waals surface area contributed by atoms with Crippen LogP contribution < -0.4 is 4.74 Å². The predicted octanol–water partition coefficient (Wildman–Crippen LogP) is 8.00. The summed E-state index contributed by atoms with van der Waals surface area (Å²) in [6.07, 6.45) is 17.4. The second-order valence-corrected chi connectivity index (χ2v) is 7.86. The van der Waals surface area contributed by atoms with Gasteiger partial charge in [0, 0.05) is 5.56 Å². The quantitative estimate of drug-likeness (QED) is 0.291. The molecule has 154 valence electrons. The summed E-state index contributed by atoms with van der Waals surface area (Å²) in [6, 6.07) is 13.0. The van der Waals surface area contributed by atoms with Crippen LogP contribution in [0.3, 0.4) is 0 Å². The molecule has 2 aromatic rings. The molecule has 0 radical (unpaired) electrons. The largest absolute Gasteiger partial charge is 0.492 e. The molecule has 2 rings (SSSR count). The van der Waals surface area contributed by atoms with Crippen LogP contribution in [0.4, 0.5) is 0 Å². The lowest BCUT2D eigenvalue weighted by Crippen LogP contribution is -1.98. The summed E-state index contributed by atoms with van der Waals surface area (Å²) in [5.41, 5.74) is 3.62. The van der Waals surface area contributed by atoms with Crippen molar-refractivity contribution < 1.29 is 4.74 Å². The van der Waals surface area contributed by atoms with E-state index in [2.05, 4.69) is 49.2 Å². The summed E-state index contributed by atoms with van der Waals surface area (Å²) < 4.78 is 5.83. The molecular weight excluding hydrogens is 342 g/mol. The summed E-state index contributed by atoms with van der Waals surface area (Å²) >= 11 is 0. The van der Waals surface area contributed by atoms with E-state index in [1.54, 1.807) is 0 Å². The Kier molecular flexibility index (Phi) is 11.4. The number of hydrogen-bond donors (Lipinski definition) is 0. The van der Waals surface area contributed by atoms with Crippen molar-refractivity contribution in [3.8, 4) is 17.0 Å². The van der Waals surface area contributed by atoms with Gasteiger partial charge < -0.3 is 4.74 Å². The van der Waals surface area contributed by atoms with E-state index in [-0.39, 0.29) is 0 Å². The van der Waals surface area contributed by atoms with Crippen molar-refractivity contribution in [2.24, 2.45) is 0 Å². The molecule has 0 saturated carbocycles. The van der Waals surface area contributed by atoms with Crippen LogP contribution in [0.25, 0.3) is 11.3 Å². The molecule has 0 spiro atoms. The van der Waals surface area contributed by atoms with Crippen LogP contribution in [0.15, 0.2) is 42.6 Å². The van der Waals surface area contributed by atoms with Gasteiger partial charge in [-0.05, 0) is 37.0 Å². The molecule has 0 aliphatic heterocycles. The van der Waals surface area contributed by atoms with Crippen molar-refractivity contribution in [3.05, 3.63) is 48.2 Å². The third kappa shape index (κ3) is 8.91. The van der Waals surface area contributed by atoms with Gasteiger partial charge in [-0.3, -0.25) is 4.98 Å². The van der Waals surface area contributed by atoms with Crippen LogP contribution in [0.2, 0.25) is 0 Å².